The van der Waals surface area contributed by atoms with Crippen molar-refractivity contribution < 1.29 is 13.5 Å². The zero-order chi connectivity index (χ0) is 15.5. The molecular formula is C15H16BrNO3S. The third-order valence-corrected chi connectivity index (χ3v) is 5.07. The minimum Gasteiger partial charge on any atom is -0.392 e. The highest BCUT2D eigenvalue weighted by Gasteiger charge is 2.18. The maximum atomic E-state index is 12.5. The van der Waals surface area contributed by atoms with Crippen LogP contribution in [0.3, 0.4) is 0 Å². The van der Waals surface area contributed by atoms with Gasteiger partial charge in [-0.1, -0.05) is 35.0 Å². The Morgan fingerprint density at radius 3 is 2.38 bits per heavy atom. The van der Waals surface area contributed by atoms with Crippen LogP contribution in [0.4, 0.5) is 5.69 Å². The number of hydrogen-bond donors (Lipinski definition) is 2. The monoisotopic (exact) mass is 369 g/mol. The normalized spacial score (nSPS) is 11.4. The lowest BCUT2D eigenvalue weighted by Crippen LogP contribution is -2.15. The molecule has 0 heterocycles. The summed E-state index contributed by atoms with van der Waals surface area (Å²) in [6.07, 6.45) is 0.599. The largest absolute Gasteiger partial charge is 0.392 e. The number of anilines is 1. The summed E-state index contributed by atoms with van der Waals surface area (Å²) in [7, 11) is -3.68. The predicted octanol–water partition coefficient (Wildman–Crippen LogP) is 3.30. The van der Waals surface area contributed by atoms with Gasteiger partial charge in [-0.05, 0) is 47.9 Å². The second kappa shape index (κ2) is 6.60. The van der Waals surface area contributed by atoms with E-state index in [1.165, 1.54) is 6.07 Å². The lowest BCUT2D eigenvalue weighted by Gasteiger charge is -2.13. The molecule has 4 nitrogen and oxygen atoms in total. The highest BCUT2D eigenvalue weighted by atomic mass is 79.9. The fourth-order valence-electron chi connectivity index (χ4n) is 1.97. The van der Waals surface area contributed by atoms with E-state index >= 15 is 0 Å². The molecule has 0 unspecified atom stereocenters. The van der Waals surface area contributed by atoms with Crippen LogP contribution in [0.2, 0.25) is 0 Å². The van der Waals surface area contributed by atoms with Crippen molar-refractivity contribution in [3.63, 3.8) is 0 Å². The molecular weight excluding hydrogens is 354 g/mol. The van der Waals surface area contributed by atoms with E-state index < -0.39 is 10.0 Å². The van der Waals surface area contributed by atoms with Crippen LogP contribution in [0.1, 0.15) is 18.1 Å². The average Bonchev–Trinajstić information content (AvgIpc) is 2.48. The van der Waals surface area contributed by atoms with Gasteiger partial charge in [-0.2, -0.15) is 0 Å². The summed E-state index contributed by atoms with van der Waals surface area (Å²) >= 11 is 3.31. The van der Waals surface area contributed by atoms with E-state index in [1.54, 1.807) is 36.4 Å². The molecule has 2 aromatic carbocycles. The van der Waals surface area contributed by atoms with Crippen molar-refractivity contribution in [1.29, 1.82) is 0 Å². The molecule has 0 aliphatic heterocycles. The van der Waals surface area contributed by atoms with Gasteiger partial charge in [-0.15, -0.1) is 0 Å². The van der Waals surface area contributed by atoms with Crippen LogP contribution in [0.5, 0.6) is 0 Å². The second-order valence-electron chi connectivity index (χ2n) is 4.57. The van der Waals surface area contributed by atoms with Crippen LogP contribution in [0, 0.1) is 0 Å². The molecule has 2 N–H and O–H groups in total. The summed E-state index contributed by atoms with van der Waals surface area (Å²) in [6.45, 7) is 1.71. The molecule has 0 radical (unpaired) electrons. The smallest absolute Gasteiger partial charge is 0.262 e. The van der Waals surface area contributed by atoms with E-state index in [0.717, 1.165) is 10.0 Å². The van der Waals surface area contributed by atoms with Crippen molar-refractivity contribution in [2.45, 2.75) is 24.8 Å². The van der Waals surface area contributed by atoms with E-state index in [4.69, 9.17) is 0 Å². The average molecular weight is 370 g/mol. The lowest BCUT2D eigenvalue weighted by atomic mass is 10.1. The highest BCUT2D eigenvalue weighted by Crippen LogP contribution is 2.23. The first-order chi connectivity index (χ1) is 9.96. The first-order valence-electron chi connectivity index (χ1n) is 6.47. The Balaban J connectivity index is 2.41. The summed E-state index contributed by atoms with van der Waals surface area (Å²) in [5.74, 6) is 0. The number of aryl methyl sites for hydroxylation is 1. The number of aliphatic hydroxyl groups is 1. The van der Waals surface area contributed by atoms with Gasteiger partial charge in [0.1, 0.15) is 0 Å². The standard InChI is InChI=1S/C15H16BrNO3S/c1-2-12-4-3-11(10-18)9-15(12)21(19,20)17-14-7-5-13(16)6-8-14/h3-9,17-18H,2,10H2,1H3. The fraction of sp³-hybridized carbons (Fsp3) is 0.200. The number of hydrogen-bond acceptors (Lipinski definition) is 3. The number of nitrogens with one attached hydrogen (secondary N) is 1. The van der Waals surface area contributed by atoms with Gasteiger partial charge >= 0.3 is 0 Å². The number of sulfonamides is 1. The zero-order valence-corrected chi connectivity index (χ0v) is 13.9. The quantitative estimate of drug-likeness (QED) is 0.849. The lowest BCUT2D eigenvalue weighted by molar-refractivity contribution is 0.281. The van der Waals surface area contributed by atoms with Crippen molar-refractivity contribution in [2.75, 3.05) is 4.72 Å². The molecule has 2 rings (SSSR count). The third kappa shape index (κ3) is 3.84. The van der Waals surface area contributed by atoms with Crippen LogP contribution in [0.15, 0.2) is 51.8 Å². The van der Waals surface area contributed by atoms with Crippen molar-refractivity contribution in [3.8, 4) is 0 Å². The summed E-state index contributed by atoms with van der Waals surface area (Å²) in [5.41, 5.74) is 1.79. The van der Waals surface area contributed by atoms with Crippen LogP contribution in [0.25, 0.3) is 0 Å². The summed E-state index contributed by atoms with van der Waals surface area (Å²) in [6, 6.07) is 11.9. The fourth-order valence-corrected chi connectivity index (χ4v) is 3.65. The number of halogens is 1. The predicted molar refractivity (Wildman–Crippen MR) is 86.7 cm³/mol. The molecule has 0 aliphatic carbocycles. The first-order valence-corrected chi connectivity index (χ1v) is 8.75. The molecule has 0 bridgehead atoms. The Hall–Kier alpha value is -1.37. The topological polar surface area (TPSA) is 66.4 Å². The van der Waals surface area contributed by atoms with Crippen LogP contribution >= 0.6 is 15.9 Å². The molecule has 0 fully saturated rings. The number of aliphatic hydroxyl groups excluding tert-OH is 1. The Morgan fingerprint density at radius 2 is 1.81 bits per heavy atom. The minimum atomic E-state index is -3.68. The van der Waals surface area contributed by atoms with E-state index in [-0.39, 0.29) is 11.5 Å². The molecule has 0 aromatic heterocycles. The van der Waals surface area contributed by atoms with E-state index in [0.29, 0.717) is 17.7 Å². The van der Waals surface area contributed by atoms with Crippen molar-refractivity contribution in [1.82, 2.24) is 0 Å². The molecule has 0 spiro atoms. The Bertz CT molecular complexity index is 727. The Labute approximate surface area is 133 Å². The molecule has 0 saturated carbocycles. The Morgan fingerprint density at radius 1 is 1.14 bits per heavy atom. The molecule has 112 valence electrons. The third-order valence-electron chi connectivity index (χ3n) is 3.08. The van der Waals surface area contributed by atoms with Crippen LogP contribution < -0.4 is 4.72 Å². The summed E-state index contributed by atoms with van der Waals surface area (Å²) in [4.78, 5) is 0.208. The van der Waals surface area contributed by atoms with Gasteiger partial charge in [-0.3, -0.25) is 4.72 Å². The number of benzene rings is 2. The van der Waals surface area contributed by atoms with Gasteiger partial charge in [0.05, 0.1) is 11.5 Å². The van der Waals surface area contributed by atoms with Crippen LogP contribution in [-0.4, -0.2) is 13.5 Å². The SMILES string of the molecule is CCc1ccc(CO)cc1S(=O)(=O)Nc1ccc(Br)cc1. The summed E-state index contributed by atoms with van der Waals surface area (Å²) in [5, 5.41) is 9.19. The van der Waals surface area contributed by atoms with Gasteiger partial charge in [0, 0.05) is 10.2 Å². The van der Waals surface area contributed by atoms with Crippen molar-refractivity contribution >= 4 is 31.6 Å². The highest BCUT2D eigenvalue weighted by molar-refractivity contribution is 9.10. The molecule has 0 amide bonds. The molecule has 2 aromatic rings. The second-order valence-corrected chi connectivity index (χ2v) is 7.13. The van der Waals surface area contributed by atoms with Gasteiger partial charge in [0.15, 0.2) is 0 Å². The summed E-state index contributed by atoms with van der Waals surface area (Å²) < 4.78 is 28.5. The minimum absolute atomic E-state index is 0.190. The number of rotatable bonds is 5. The van der Waals surface area contributed by atoms with Gasteiger partial charge in [-0.25, -0.2) is 8.42 Å². The molecule has 0 saturated heterocycles. The molecule has 21 heavy (non-hydrogen) atoms. The first kappa shape index (κ1) is 16.0. The molecule has 6 heteroatoms. The zero-order valence-electron chi connectivity index (χ0n) is 11.5. The van der Waals surface area contributed by atoms with E-state index in [9.17, 15) is 13.5 Å². The van der Waals surface area contributed by atoms with E-state index in [1.807, 2.05) is 6.92 Å². The maximum absolute atomic E-state index is 12.5. The molecule has 0 atom stereocenters. The van der Waals surface area contributed by atoms with Crippen LogP contribution in [-0.2, 0) is 23.1 Å². The van der Waals surface area contributed by atoms with Crippen molar-refractivity contribution in [3.05, 3.63) is 58.1 Å². The van der Waals surface area contributed by atoms with Gasteiger partial charge in [0.2, 0.25) is 0 Å². The molecule has 0 aliphatic rings. The van der Waals surface area contributed by atoms with E-state index in [2.05, 4.69) is 20.7 Å². The van der Waals surface area contributed by atoms with Gasteiger partial charge in [0.25, 0.3) is 10.0 Å². The maximum Gasteiger partial charge on any atom is 0.262 e. The Kier molecular flexibility index (Phi) is 5.03. The van der Waals surface area contributed by atoms with Gasteiger partial charge < -0.3 is 5.11 Å². The van der Waals surface area contributed by atoms with Crippen molar-refractivity contribution in [2.24, 2.45) is 0 Å².